The van der Waals surface area contributed by atoms with Gasteiger partial charge in [0, 0.05) is 0 Å². The molecule has 0 radical (unpaired) electrons. The second kappa shape index (κ2) is 7.74. The lowest BCUT2D eigenvalue weighted by atomic mass is 10.1. The Morgan fingerprint density at radius 3 is 1.38 bits per heavy atom. The number of halogens is 6. The Hall–Kier alpha value is -0.600. The van der Waals surface area contributed by atoms with Gasteiger partial charge >= 0.3 is 11.0 Å². The second-order valence-electron chi connectivity index (χ2n) is 5.36. The fourth-order valence-electron chi connectivity index (χ4n) is 1.81. The molecule has 24 heavy (non-hydrogen) atoms. The van der Waals surface area contributed by atoms with Crippen LogP contribution in [-0.2, 0) is 20.0 Å². The van der Waals surface area contributed by atoms with Crippen LogP contribution >= 0.6 is 0 Å². The predicted octanol–water partition coefficient (Wildman–Crippen LogP) is 2.70. The lowest BCUT2D eigenvalue weighted by molar-refractivity contribution is -0.912. The van der Waals surface area contributed by atoms with Crippen molar-refractivity contribution in [3.05, 3.63) is 4.13 Å². The molecule has 0 N–H and O–H groups in total. The van der Waals surface area contributed by atoms with Crippen molar-refractivity contribution in [1.82, 2.24) is 0 Å². The minimum atomic E-state index is -6.72. The first kappa shape index (κ1) is 23.4. The highest BCUT2D eigenvalue weighted by Gasteiger charge is 2.46. The molecule has 1 heterocycles. The average Bonchev–Trinajstić information content (AvgIpc) is 2.36. The van der Waals surface area contributed by atoms with Gasteiger partial charge in [0.1, 0.15) is 0 Å². The van der Waals surface area contributed by atoms with Crippen LogP contribution in [0, 0.1) is 0 Å². The summed E-state index contributed by atoms with van der Waals surface area (Å²) in [6.07, 6.45) is 4.36. The van der Waals surface area contributed by atoms with E-state index < -0.39 is 31.1 Å². The normalized spacial score (nSPS) is 19.3. The molecule has 1 fully saturated rings. The van der Waals surface area contributed by atoms with E-state index in [1.54, 1.807) is 0 Å². The number of hydrogen-bond donors (Lipinski definition) is 0. The molecule has 0 aromatic heterocycles. The average molecular weight is 408 g/mol. The monoisotopic (exact) mass is 408 g/mol. The summed E-state index contributed by atoms with van der Waals surface area (Å²) in [4.78, 5) is 0. The fraction of sp³-hybridized carbons (Fsp3) is 1.00. The van der Waals surface area contributed by atoms with E-state index in [9.17, 15) is 43.2 Å². The molecular formula is C10H18F6N2O4S2. The maximum absolute atomic E-state index is 11.4. The van der Waals surface area contributed by atoms with Crippen molar-refractivity contribution in [2.75, 3.05) is 26.7 Å². The Balaban J connectivity index is 0.000000496. The van der Waals surface area contributed by atoms with Gasteiger partial charge in [0.05, 0.1) is 26.7 Å². The third kappa shape index (κ3) is 6.72. The van der Waals surface area contributed by atoms with E-state index in [2.05, 4.69) is 14.0 Å². The molecule has 1 aliphatic heterocycles. The molecule has 0 saturated carbocycles. The summed E-state index contributed by atoms with van der Waals surface area (Å²) in [6, 6.07) is 0. The highest BCUT2D eigenvalue weighted by Crippen LogP contribution is 2.36. The van der Waals surface area contributed by atoms with Crippen molar-refractivity contribution in [3.8, 4) is 0 Å². The molecule has 14 heteroatoms. The molecule has 0 spiro atoms. The number of rotatable bonds is 3. The first-order chi connectivity index (χ1) is 10.5. The maximum atomic E-state index is 11.4. The number of sulfonamides is 2. The van der Waals surface area contributed by atoms with Gasteiger partial charge in [0.25, 0.3) is 0 Å². The van der Waals surface area contributed by atoms with Crippen molar-refractivity contribution < 1.29 is 47.7 Å². The number of alkyl halides is 6. The standard InChI is InChI=1S/C8H18N.C2F6NO4S2/c1-3-9(2)7-5-4-6-8-9;3-1(4,5)14(10,11)9-15(12,13)2(6,7)8/h3-8H2,1-2H3;/q+1;-1. The number of piperidine rings is 1. The Kier molecular flexibility index (Phi) is 7.55. The summed E-state index contributed by atoms with van der Waals surface area (Å²) in [5.74, 6) is 0. The first-order valence-electron chi connectivity index (χ1n) is 6.68. The zero-order valence-corrected chi connectivity index (χ0v) is 14.5. The fourth-order valence-corrected chi connectivity index (χ4v) is 3.52. The van der Waals surface area contributed by atoms with Gasteiger partial charge in [-0.15, -0.1) is 0 Å². The number of nitrogens with zero attached hydrogens (tertiary/aromatic N) is 2. The highest BCUT2D eigenvalue weighted by atomic mass is 32.3. The van der Waals surface area contributed by atoms with E-state index in [0.717, 1.165) is 4.13 Å². The van der Waals surface area contributed by atoms with Crippen molar-refractivity contribution in [2.45, 2.75) is 37.2 Å². The Morgan fingerprint density at radius 2 is 1.17 bits per heavy atom. The second-order valence-corrected chi connectivity index (χ2v) is 8.78. The minimum Gasteiger partial charge on any atom is -0.421 e. The summed E-state index contributed by atoms with van der Waals surface area (Å²) in [5.41, 5.74) is -12.4. The molecule has 0 bridgehead atoms. The highest BCUT2D eigenvalue weighted by molar-refractivity contribution is 8.13. The van der Waals surface area contributed by atoms with Gasteiger partial charge in [-0.25, -0.2) is 16.8 Å². The van der Waals surface area contributed by atoms with Crippen LogP contribution in [0.4, 0.5) is 26.3 Å². The van der Waals surface area contributed by atoms with Crippen LogP contribution in [0.15, 0.2) is 0 Å². The molecule has 1 aliphatic rings. The Bertz CT molecular complexity index is 564. The predicted molar refractivity (Wildman–Crippen MR) is 73.6 cm³/mol. The largest absolute Gasteiger partial charge is 0.480 e. The smallest absolute Gasteiger partial charge is 0.421 e. The maximum Gasteiger partial charge on any atom is 0.480 e. The van der Waals surface area contributed by atoms with Crippen molar-refractivity contribution in [1.29, 1.82) is 0 Å². The van der Waals surface area contributed by atoms with E-state index in [-0.39, 0.29) is 0 Å². The lowest BCUT2D eigenvalue weighted by Gasteiger charge is -2.36. The summed E-state index contributed by atoms with van der Waals surface area (Å²) >= 11 is 0. The van der Waals surface area contributed by atoms with Crippen LogP contribution < -0.4 is 0 Å². The van der Waals surface area contributed by atoms with Crippen LogP contribution in [0.25, 0.3) is 4.13 Å². The summed E-state index contributed by atoms with van der Waals surface area (Å²) in [7, 11) is -11.1. The molecular weight excluding hydrogens is 390 g/mol. The number of hydrogen-bond acceptors (Lipinski definition) is 4. The molecule has 0 aromatic carbocycles. The SMILES string of the molecule is CC[N+]1(C)CCCCC1.O=S(=O)([N-]S(=O)(=O)C(F)(F)F)C(F)(F)F. The van der Waals surface area contributed by atoms with E-state index >= 15 is 0 Å². The van der Waals surface area contributed by atoms with Gasteiger partial charge in [-0.1, -0.05) is 0 Å². The molecule has 0 amide bonds. The first-order valence-corrected chi connectivity index (χ1v) is 9.56. The van der Waals surface area contributed by atoms with Gasteiger partial charge < -0.3 is 8.61 Å². The summed E-state index contributed by atoms with van der Waals surface area (Å²) < 4.78 is 111. The van der Waals surface area contributed by atoms with E-state index in [0.29, 0.717) is 0 Å². The van der Waals surface area contributed by atoms with E-state index in [1.807, 2.05) is 0 Å². The van der Waals surface area contributed by atoms with Gasteiger partial charge in [-0.3, -0.25) is 0 Å². The van der Waals surface area contributed by atoms with Crippen molar-refractivity contribution in [2.24, 2.45) is 0 Å². The summed E-state index contributed by atoms with van der Waals surface area (Å²) in [6.45, 7) is 6.44. The van der Waals surface area contributed by atoms with Crippen molar-refractivity contribution in [3.63, 3.8) is 0 Å². The van der Waals surface area contributed by atoms with Gasteiger partial charge in [-0.05, 0) is 26.2 Å². The molecule has 0 unspecified atom stereocenters. The molecule has 1 saturated heterocycles. The quantitative estimate of drug-likeness (QED) is 0.531. The minimum absolute atomic E-state index is 0.778. The molecule has 0 aliphatic carbocycles. The topological polar surface area (TPSA) is 82.4 Å². The Labute approximate surface area is 136 Å². The van der Waals surface area contributed by atoms with Crippen LogP contribution in [0.1, 0.15) is 26.2 Å². The Morgan fingerprint density at radius 1 is 0.833 bits per heavy atom. The van der Waals surface area contributed by atoms with Gasteiger partial charge in [-0.2, -0.15) is 26.3 Å². The van der Waals surface area contributed by atoms with Crippen LogP contribution in [0.2, 0.25) is 0 Å². The molecule has 1 rings (SSSR count). The van der Waals surface area contributed by atoms with Crippen LogP contribution in [0.5, 0.6) is 0 Å². The molecule has 0 atom stereocenters. The van der Waals surface area contributed by atoms with Gasteiger partial charge in [0.15, 0.2) is 20.0 Å². The summed E-state index contributed by atoms with van der Waals surface area (Å²) in [5, 5.41) is 0. The molecule has 0 aromatic rings. The third-order valence-electron chi connectivity index (χ3n) is 3.44. The van der Waals surface area contributed by atoms with Crippen LogP contribution in [0.3, 0.4) is 0 Å². The van der Waals surface area contributed by atoms with E-state index in [4.69, 9.17) is 0 Å². The molecule has 6 nitrogen and oxygen atoms in total. The van der Waals surface area contributed by atoms with Crippen LogP contribution in [-0.4, -0.2) is 59.0 Å². The number of likely N-dealkylation sites (tertiary alicyclic amines) is 1. The van der Waals surface area contributed by atoms with E-state index in [1.165, 1.54) is 43.4 Å². The third-order valence-corrected chi connectivity index (χ3v) is 6.18. The number of quaternary nitrogens is 1. The lowest BCUT2D eigenvalue weighted by Crippen LogP contribution is -2.47. The zero-order valence-electron chi connectivity index (χ0n) is 12.9. The van der Waals surface area contributed by atoms with Crippen molar-refractivity contribution >= 4 is 20.0 Å². The molecule has 146 valence electrons. The zero-order chi connectivity index (χ0) is 19.4. The van der Waals surface area contributed by atoms with Gasteiger partial charge in [0.2, 0.25) is 0 Å².